The Morgan fingerprint density at radius 1 is 0.317 bits per heavy atom. The molecule has 7 aromatic rings. The molecule has 680 valence electrons. The van der Waals surface area contributed by atoms with Crippen LogP contribution in [0.5, 0.6) is 0 Å². The number of ether oxygens (including phenoxy) is 13. The Balaban J connectivity index is 0.00000118. The molecule has 3 saturated heterocycles. The van der Waals surface area contributed by atoms with E-state index in [2.05, 4.69) is 37.2 Å². The third kappa shape index (κ3) is 29.5. The predicted molar refractivity (Wildman–Crippen MR) is 441 cm³/mol. The summed E-state index contributed by atoms with van der Waals surface area (Å²) < 4.78 is 146. The second-order valence-electron chi connectivity index (χ2n) is 27.0. The lowest BCUT2D eigenvalue weighted by atomic mass is 9.84. The molecule has 0 spiro atoms. The minimum atomic E-state index is -5.08. The minimum Gasteiger partial charge on any atom is -0.475 e. The molecule has 4 aliphatic rings. The van der Waals surface area contributed by atoms with Gasteiger partial charge in [0, 0.05) is 100 Å². The number of alkyl halides is 6. The zero-order valence-electron chi connectivity index (χ0n) is 64.2. The smallest absolute Gasteiger partial charge is 0.475 e. The molecule has 1 aliphatic carbocycles. The fourth-order valence-corrected chi connectivity index (χ4v) is 13.0. The second kappa shape index (κ2) is 45.8. The molecule has 0 radical (unpaired) electrons. The summed E-state index contributed by atoms with van der Waals surface area (Å²) in [5.41, 5.74) is 42.6. The number of nitrogens with one attached hydrogen (secondary N) is 7. The van der Waals surface area contributed by atoms with Gasteiger partial charge in [0.25, 0.3) is 0 Å². The van der Waals surface area contributed by atoms with E-state index < -0.39 is 203 Å². The zero-order valence-corrected chi connectivity index (χ0v) is 69.5. The standard InChI is InChI=1S/C72H74Cl7N13O20.2C2HF3O2/c73-33-1-15-40(16-2-33)86-66(93)100-32-51-58(105-64-53(85)60(111-71(98)91-45-25-11-38(78)12-26-45)57(50(31-81)102-64)109-69(96)89-43-21-7-36(76)8-22-43)62(112-72(99)92-46-27-13-39(79)14-28-46)65(103-51)106-61-54(47(82)29-48(83)55(61)107-67(94)87-41-17-3-34(74)4-18-41)104-63-52(84)59(110-70(97)90-44-23-9-37(77)10-24-44)56(49(30-80)101-63)108-68(95)88-42-19-5-35(75)6-20-42;2*3-2(4,5)1(6)7/h1-28,47-65H,29-32,80-85H2,(H,86,93)(H,87,94)(H,88,95)(H,89,96)(H,90,97)(H,91,98)(H,92,99);2*(H,6,7)/t47-,48+,49+,50-,51+,52+,53+,54+,55-,56+,57+,58+,59+,60+,61-,62+,63+,64+,65+;;/m0../s1. The number of carbonyl (C=O) groups excluding carboxylic acids is 7. The van der Waals surface area contributed by atoms with Crippen LogP contribution >= 0.6 is 81.2 Å². The fraction of sp³-hybridized carbons (Fsp3) is 0.329. The highest BCUT2D eigenvalue weighted by atomic mass is 35.5. The van der Waals surface area contributed by atoms with E-state index in [-0.39, 0.29) is 51.3 Å². The van der Waals surface area contributed by atoms with Gasteiger partial charge in [0.15, 0.2) is 49.4 Å². The van der Waals surface area contributed by atoms with E-state index in [1.54, 1.807) is 0 Å². The summed E-state index contributed by atoms with van der Waals surface area (Å²) in [5.74, 6) is -5.51. The maximum Gasteiger partial charge on any atom is 0.490 e. The number of halogens is 13. The van der Waals surface area contributed by atoms with E-state index in [4.69, 9.17) is 197 Å². The van der Waals surface area contributed by atoms with Crippen LogP contribution in [0.3, 0.4) is 0 Å². The normalized spacial score (nSPS) is 25.0. The lowest BCUT2D eigenvalue weighted by molar-refractivity contribution is -0.305. The Kier molecular flexibility index (Phi) is 36.1. The average molecular weight is 1920 g/mol. The molecule has 0 aromatic heterocycles. The van der Waals surface area contributed by atoms with Crippen molar-refractivity contribution in [1.82, 2.24) is 0 Å². The van der Waals surface area contributed by atoms with Crippen molar-refractivity contribution in [2.24, 2.45) is 34.4 Å². The number of amides is 7. The van der Waals surface area contributed by atoms with Crippen molar-refractivity contribution in [3.63, 3.8) is 0 Å². The molecule has 3 aliphatic heterocycles. The highest BCUT2D eigenvalue weighted by Gasteiger charge is 2.59. The number of aliphatic carboxylic acids is 2. The molecule has 3 heterocycles. The molecule has 7 amide bonds. The van der Waals surface area contributed by atoms with Gasteiger partial charge in [0.05, 0.1) is 12.1 Å². The Labute approximate surface area is 744 Å². The Hall–Kier alpha value is -10.5. The largest absolute Gasteiger partial charge is 0.490 e. The van der Waals surface area contributed by atoms with Gasteiger partial charge in [0.2, 0.25) is 0 Å². The highest BCUT2D eigenvalue weighted by Crippen LogP contribution is 2.40. The minimum absolute atomic E-state index is 0.130. The van der Waals surface area contributed by atoms with Crippen molar-refractivity contribution in [3.05, 3.63) is 205 Å². The van der Waals surface area contributed by atoms with E-state index in [1.807, 2.05) is 0 Å². The molecule has 11 rings (SSSR count). The van der Waals surface area contributed by atoms with Gasteiger partial charge in [-0.3, -0.25) is 37.2 Å². The average Bonchev–Trinajstić information content (AvgIpc) is 1.35. The maximum atomic E-state index is 14.8. The van der Waals surface area contributed by atoms with Gasteiger partial charge in [-0.05, 0) is 176 Å². The second-order valence-corrected chi connectivity index (χ2v) is 30.0. The topological polar surface area (TPSA) is 554 Å². The number of rotatable bonds is 23. The molecule has 37 nitrogen and oxygen atoms in total. The number of carbonyl (C=O) groups is 9. The van der Waals surface area contributed by atoms with Crippen molar-refractivity contribution in [2.45, 2.75) is 135 Å². The van der Waals surface area contributed by atoms with Gasteiger partial charge >= 0.3 is 66.9 Å². The number of carboxylic acid groups (broad SMARTS) is 2. The summed E-state index contributed by atoms with van der Waals surface area (Å²) in [4.78, 5) is 117. The van der Waals surface area contributed by atoms with Crippen molar-refractivity contribution in [1.29, 1.82) is 0 Å². The molecule has 19 atom stereocenters. The molecule has 0 unspecified atom stereocenters. The molecular weight excluding hydrogens is 1840 g/mol. The molecular formula is C76H76Cl7F6N13O24. The highest BCUT2D eigenvalue weighted by molar-refractivity contribution is 6.32. The number of hydrogen-bond acceptors (Lipinski definition) is 28. The van der Waals surface area contributed by atoms with E-state index in [9.17, 15) is 59.9 Å². The molecule has 21 N–H and O–H groups in total. The number of nitrogens with two attached hydrogens (primary N) is 6. The van der Waals surface area contributed by atoms with E-state index in [0.717, 1.165) is 0 Å². The first-order chi connectivity index (χ1) is 59.6. The van der Waals surface area contributed by atoms with Crippen molar-refractivity contribution >= 4 is 176 Å². The number of anilines is 7. The third-order valence-corrected chi connectivity index (χ3v) is 19.7. The van der Waals surface area contributed by atoms with Crippen LogP contribution in [-0.2, 0) is 71.2 Å². The van der Waals surface area contributed by atoms with Crippen molar-refractivity contribution < 1.29 is 141 Å². The van der Waals surface area contributed by atoms with Crippen LogP contribution in [-0.4, -0.2) is 213 Å². The first-order valence-corrected chi connectivity index (χ1v) is 39.3. The summed E-state index contributed by atoms with van der Waals surface area (Å²) in [7, 11) is 0. The summed E-state index contributed by atoms with van der Waals surface area (Å²) in [6, 6.07) is 35.5. The predicted octanol–water partition coefficient (Wildman–Crippen LogP) is 12.7. The fourth-order valence-electron chi connectivity index (χ4n) is 12.2. The van der Waals surface area contributed by atoms with Gasteiger partial charge in [-0.2, -0.15) is 26.3 Å². The van der Waals surface area contributed by atoms with Crippen LogP contribution in [0.4, 0.5) is 99.7 Å². The molecule has 0 bridgehead atoms. The summed E-state index contributed by atoms with van der Waals surface area (Å²) >= 11 is 43.2. The number of hydrogen-bond donors (Lipinski definition) is 15. The monoisotopic (exact) mass is 1910 g/mol. The first kappa shape index (κ1) is 99.3. The van der Waals surface area contributed by atoms with Crippen LogP contribution in [0.15, 0.2) is 170 Å². The summed E-state index contributed by atoms with van der Waals surface area (Å²) in [6.45, 7) is -1.82. The maximum absolute atomic E-state index is 14.8. The van der Waals surface area contributed by atoms with E-state index in [1.165, 1.54) is 170 Å². The third-order valence-electron chi connectivity index (χ3n) is 18.0. The molecule has 1 saturated carbocycles. The van der Waals surface area contributed by atoms with Gasteiger partial charge in [-0.1, -0.05) is 81.2 Å². The zero-order chi connectivity index (χ0) is 92.0. The van der Waals surface area contributed by atoms with Crippen LogP contribution < -0.4 is 71.6 Å². The van der Waals surface area contributed by atoms with Gasteiger partial charge in [-0.15, -0.1) is 0 Å². The molecule has 50 heteroatoms. The quantitative estimate of drug-likeness (QED) is 0.0209. The summed E-state index contributed by atoms with van der Waals surface area (Å²) in [5, 5.41) is 34.7. The van der Waals surface area contributed by atoms with Gasteiger partial charge in [-0.25, -0.2) is 43.2 Å². The van der Waals surface area contributed by atoms with Crippen molar-refractivity contribution in [3.8, 4) is 0 Å². The SMILES string of the molecule is NC[C@@H]1O[C@H](O[C@H]2[C@@H](OC(=O)Nc3ccc(Cl)cc3)[C@@H](O[C@@H]3[C@@H](OC(=O)Nc4ccc(Cl)cc4)[C@H](N)C[C@H](N)[C@H]3O[C@H]3O[C@H](CN)[C@@H](OC(=O)Nc4ccc(Cl)cc4)[C@H](OC(=O)Nc4ccc(Cl)cc4)[C@H]3N)O[C@@H]2COC(=O)Nc2ccc(Cl)cc2)[C@H](N)[C@@H](OC(=O)Nc2ccc(Cl)cc2)[C@@H]1OC(=O)Nc1ccc(Cl)cc1.O=C(O)C(F)(F)F.O=C(O)C(F)(F)F. The Morgan fingerprint density at radius 3 is 0.810 bits per heavy atom. The number of benzene rings is 7. The lowest BCUT2D eigenvalue weighted by Crippen LogP contribution is -2.69. The van der Waals surface area contributed by atoms with Crippen LogP contribution in [0, 0.1) is 0 Å². The van der Waals surface area contributed by atoms with Gasteiger partial charge < -0.3 is 106 Å². The van der Waals surface area contributed by atoms with E-state index in [0.29, 0.717) is 30.1 Å². The van der Waals surface area contributed by atoms with E-state index >= 15 is 0 Å². The lowest BCUT2D eigenvalue weighted by Gasteiger charge is -2.48. The Bertz CT molecular complexity index is 4820. The Morgan fingerprint density at radius 2 is 0.540 bits per heavy atom. The molecule has 7 aromatic carbocycles. The first-order valence-electron chi connectivity index (χ1n) is 36.6. The summed E-state index contributed by atoms with van der Waals surface area (Å²) in [6.07, 6.45) is -44.7. The molecule has 4 fully saturated rings. The van der Waals surface area contributed by atoms with Crippen LogP contribution in [0.1, 0.15) is 6.42 Å². The van der Waals surface area contributed by atoms with Gasteiger partial charge in [0.1, 0.15) is 49.3 Å². The van der Waals surface area contributed by atoms with Crippen LogP contribution in [0.25, 0.3) is 0 Å². The van der Waals surface area contributed by atoms with Crippen LogP contribution in [0.2, 0.25) is 35.2 Å². The molecule has 126 heavy (non-hydrogen) atoms. The number of carboxylic acids is 2. The van der Waals surface area contributed by atoms with Crippen molar-refractivity contribution in [2.75, 3.05) is 56.9 Å².